The molecular weight excluding hydrogens is 1030 g/mol. The molecule has 0 aliphatic carbocycles. The summed E-state index contributed by atoms with van der Waals surface area (Å²) in [7, 11) is 0. The molecule has 0 unspecified atom stereocenters. The van der Waals surface area contributed by atoms with Gasteiger partial charge in [-0.3, -0.25) is 0 Å². The summed E-state index contributed by atoms with van der Waals surface area (Å²) in [5, 5.41) is 0. The van der Waals surface area contributed by atoms with E-state index in [1.165, 1.54) is 11.1 Å². The number of benzene rings is 8. The third kappa shape index (κ3) is 18.1. The molecule has 400 valence electrons. The average molecular weight is 1090 g/mol. The minimum Gasteiger partial charge on any atom is -0.478 e. The number of halogens is 3. The molecule has 0 saturated carbocycles. The number of ether oxygens (including phenoxy) is 7. The molecule has 8 rings (SSSR count). The summed E-state index contributed by atoms with van der Waals surface area (Å²) in [4.78, 5) is 9.42. The van der Waals surface area contributed by atoms with E-state index in [1.54, 1.807) is 12.1 Å². The molecule has 0 fully saturated rings. The number of hydrogen-bond acceptors (Lipinski definition) is 9. The highest BCUT2D eigenvalue weighted by Crippen LogP contribution is 2.38. The second kappa shape index (κ2) is 30.1. The Hall–Kier alpha value is -6.95. The van der Waals surface area contributed by atoms with Crippen molar-refractivity contribution in [2.24, 2.45) is 9.98 Å². The van der Waals surface area contributed by atoms with E-state index in [1.807, 2.05) is 217 Å². The molecule has 0 saturated heterocycles. The summed E-state index contributed by atoms with van der Waals surface area (Å²) in [6.45, 7) is 16.8. The summed E-state index contributed by atoms with van der Waals surface area (Å²) in [6.07, 6.45) is 0. The zero-order valence-electron chi connectivity index (χ0n) is 44.7. The molecular formula is C65H67Cl3N2O7. The molecule has 9 nitrogen and oxygen atoms in total. The fourth-order valence-corrected chi connectivity index (χ4v) is 8.12. The molecule has 8 aromatic rings. The van der Waals surface area contributed by atoms with Crippen molar-refractivity contribution in [1.29, 1.82) is 0 Å². The molecule has 0 aliphatic heterocycles. The van der Waals surface area contributed by atoms with Crippen molar-refractivity contribution < 1.29 is 33.2 Å². The van der Waals surface area contributed by atoms with Gasteiger partial charge in [0.1, 0.15) is 23.0 Å². The maximum atomic E-state index is 6.16. The van der Waals surface area contributed by atoms with Crippen LogP contribution in [-0.2, 0) is 38.9 Å². The second-order valence-corrected chi connectivity index (χ2v) is 19.7. The largest absolute Gasteiger partial charge is 0.478 e. The van der Waals surface area contributed by atoms with Crippen molar-refractivity contribution in [1.82, 2.24) is 0 Å². The molecule has 0 aromatic heterocycles. The Morgan fingerprint density at radius 2 is 0.649 bits per heavy atom. The highest BCUT2D eigenvalue weighted by atomic mass is 35.6. The fourth-order valence-electron chi connectivity index (χ4n) is 7.74. The van der Waals surface area contributed by atoms with Gasteiger partial charge in [-0.1, -0.05) is 170 Å². The van der Waals surface area contributed by atoms with Crippen LogP contribution in [0.3, 0.4) is 0 Å². The van der Waals surface area contributed by atoms with Gasteiger partial charge in [-0.05, 0) is 143 Å². The van der Waals surface area contributed by atoms with Crippen LogP contribution in [0.15, 0.2) is 228 Å². The van der Waals surface area contributed by atoms with Gasteiger partial charge in [-0.25, -0.2) is 9.98 Å². The Balaban J connectivity index is 0.000000301. The Labute approximate surface area is 470 Å². The molecule has 8 aromatic carbocycles. The van der Waals surface area contributed by atoms with Crippen molar-refractivity contribution in [2.45, 2.75) is 63.6 Å². The van der Waals surface area contributed by atoms with Crippen molar-refractivity contribution in [3.63, 3.8) is 0 Å². The molecule has 77 heavy (non-hydrogen) atoms. The van der Waals surface area contributed by atoms with E-state index in [-0.39, 0.29) is 5.41 Å². The molecule has 0 heterocycles. The summed E-state index contributed by atoms with van der Waals surface area (Å²) < 4.78 is 39.6. The Morgan fingerprint density at radius 3 is 0.935 bits per heavy atom. The zero-order valence-corrected chi connectivity index (χ0v) is 47.0. The van der Waals surface area contributed by atoms with Crippen LogP contribution in [0.2, 0.25) is 0 Å². The molecule has 0 radical (unpaired) electrons. The number of aliphatic imine (C=N–C) groups is 2. The van der Waals surface area contributed by atoms with Crippen LogP contribution < -0.4 is 9.47 Å². The summed E-state index contributed by atoms with van der Waals surface area (Å²) in [5.74, 6) is 3.14. The first-order valence-electron chi connectivity index (χ1n) is 25.7. The van der Waals surface area contributed by atoms with E-state index in [9.17, 15) is 0 Å². The van der Waals surface area contributed by atoms with Crippen LogP contribution in [0.5, 0.6) is 23.0 Å². The van der Waals surface area contributed by atoms with E-state index in [4.69, 9.17) is 77.9 Å². The Morgan fingerprint density at radius 1 is 0.351 bits per heavy atom. The van der Waals surface area contributed by atoms with Crippen LogP contribution in [0.1, 0.15) is 81.8 Å². The van der Waals surface area contributed by atoms with Gasteiger partial charge in [0.2, 0.25) is 15.6 Å². The smallest absolute Gasteiger partial charge is 0.311 e. The fraction of sp³-hybridized carbons (Fsp3) is 0.231. The number of hydrogen-bond donors (Lipinski definition) is 0. The predicted molar refractivity (Wildman–Crippen MR) is 315 cm³/mol. The first-order chi connectivity index (χ1) is 37.3. The normalized spacial score (nSPS) is 11.8. The summed E-state index contributed by atoms with van der Waals surface area (Å²) >= 11 is 16.8. The summed E-state index contributed by atoms with van der Waals surface area (Å²) in [5.41, 5.74) is 7.17. The molecule has 0 atom stereocenters. The van der Waals surface area contributed by atoms with Gasteiger partial charge in [-0.2, -0.15) is 0 Å². The molecule has 0 N–H and O–H groups in total. The van der Waals surface area contributed by atoms with Crippen molar-refractivity contribution in [3.8, 4) is 23.0 Å². The van der Waals surface area contributed by atoms with Crippen molar-refractivity contribution in [2.75, 3.05) is 33.0 Å². The maximum absolute atomic E-state index is 6.16. The first-order valence-corrected chi connectivity index (χ1v) is 26.8. The lowest BCUT2D eigenvalue weighted by Crippen LogP contribution is -2.36. The van der Waals surface area contributed by atoms with Gasteiger partial charge >= 0.3 is 5.97 Å². The van der Waals surface area contributed by atoms with Crippen LogP contribution in [0, 0.1) is 0 Å². The minimum atomic E-state index is -1.29. The van der Waals surface area contributed by atoms with Gasteiger partial charge in [-0.15, -0.1) is 0 Å². The Bertz CT molecular complexity index is 2830. The molecule has 0 aliphatic rings. The second-order valence-electron chi connectivity index (χ2n) is 17.4. The number of alkyl halides is 3. The van der Waals surface area contributed by atoms with Gasteiger partial charge < -0.3 is 33.2 Å². The highest BCUT2D eigenvalue weighted by Gasteiger charge is 2.35. The predicted octanol–water partition coefficient (Wildman–Crippen LogP) is 18.2. The third-order valence-corrected chi connectivity index (χ3v) is 12.2. The lowest BCUT2D eigenvalue weighted by molar-refractivity contribution is -0.389. The molecule has 12 heteroatoms. The topological polar surface area (TPSA) is 89.3 Å². The molecule has 0 bridgehead atoms. The average Bonchev–Trinajstić information content (AvgIpc) is 3.45. The number of nitrogens with zero attached hydrogens (tertiary/aromatic N) is 2. The van der Waals surface area contributed by atoms with E-state index in [2.05, 4.69) is 38.1 Å². The van der Waals surface area contributed by atoms with Gasteiger partial charge in [0.05, 0.1) is 24.6 Å². The zero-order chi connectivity index (χ0) is 54.9. The van der Waals surface area contributed by atoms with Crippen LogP contribution in [0.4, 0.5) is 11.4 Å². The third-order valence-electron chi connectivity index (χ3n) is 11.6. The van der Waals surface area contributed by atoms with Crippen molar-refractivity contribution in [3.05, 3.63) is 252 Å². The van der Waals surface area contributed by atoms with E-state index >= 15 is 0 Å². The number of rotatable bonds is 19. The minimum absolute atomic E-state index is 0.232. The first kappa shape index (κ1) is 59.3. The van der Waals surface area contributed by atoms with Gasteiger partial charge in [0.15, 0.2) is 0 Å². The van der Waals surface area contributed by atoms with E-state index in [0.717, 1.165) is 51.1 Å². The van der Waals surface area contributed by atoms with Crippen LogP contribution in [0.25, 0.3) is 0 Å². The standard InChI is InChI=1S/C45H42N2O4.C13H20O3.C7H5Cl3/c1-5-48-43(33-13-9-7-10-14-33)46-37-21-29-41(30-22-37)50-39-25-17-35(18-26-39)45(3,4)36-19-27-40(28-20-36)51-42-31-23-38(24-32-42)47-44(49-6-2)34-15-11-8-12-16-34;1-4-14-13(15-5-2,16-6-3)12-10-8-7-9-11-12;8-7(9,10)6-4-2-1-3-5-6/h7-32H,5-6H2,1-4H3;7-11H,4-6H2,1-3H3;1-5H. The lowest BCUT2D eigenvalue weighted by atomic mass is 9.78. The summed E-state index contributed by atoms with van der Waals surface area (Å²) in [6, 6.07) is 70.5. The SMILES string of the molecule is CCOC(=Nc1ccc(Oc2ccc(C(C)(C)c3ccc(Oc4ccc(N=C(OCC)c5ccccc5)cc4)cc3)cc2)cc1)c1ccccc1.CCOC(OCC)(OCC)c1ccccc1.ClC(Cl)(Cl)c1ccccc1. The van der Waals surface area contributed by atoms with Crippen LogP contribution >= 0.6 is 34.8 Å². The molecule has 0 spiro atoms. The van der Waals surface area contributed by atoms with Gasteiger partial charge in [0.25, 0.3) is 0 Å². The van der Waals surface area contributed by atoms with Gasteiger partial charge in [0, 0.05) is 47.5 Å². The van der Waals surface area contributed by atoms with E-state index in [0.29, 0.717) is 50.4 Å². The van der Waals surface area contributed by atoms with Crippen LogP contribution in [-0.4, -0.2) is 44.8 Å². The quantitative estimate of drug-likeness (QED) is 0.0345. The highest BCUT2D eigenvalue weighted by molar-refractivity contribution is 6.66. The maximum Gasteiger partial charge on any atom is 0.311 e. The van der Waals surface area contributed by atoms with E-state index < -0.39 is 9.77 Å². The Kier molecular flexibility index (Phi) is 23.2. The lowest BCUT2D eigenvalue weighted by Gasteiger charge is -2.32. The van der Waals surface area contributed by atoms with Crippen molar-refractivity contribution >= 4 is 58.0 Å². The monoisotopic (exact) mass is 1090 g/mol. The molecule has 0 amide bonds.